The van der Waals surface area contributed by atoms with Gasteiger partial charge in [0.2, 0.25) is 0 Å². The first kappa shape index (κ1) is 12.3. The van der Waals surface area contributed by atoms with E-state index in [1.807, 2.05) is 12.1 Å². The molecule has 5 nitrogen and oxygen atoms in total. The van der Waals surface area contributed by atoms with E-state index in [4.69, 9.17) is 19.3 Å². The highest BCUT2D eigenvalue weighted by atomic mass is 16.5. The maximum absolute atomic E-state index is 10.1. The highest BCUT2D eigenvalue weighted by Gasteiger charge is 2.02. The molecule has 0 aliphatic rings. The number of aliphatic carboxylic acids is 1. The summed E-state index contributed by atoms with van der Waals surface area (Å²) < 4.78 is 15.3. The number of carbonyl (C=O) groups is 1. The Morgan fingerprint density at radius 3 is 2.56 bits per heavy atom. The number of benzene rings is 1. The third-order valence-electron chi connectivity index (χ3n) is 1.78. The molecule has 0 spiro atoms. The van der Waals surface area contributed by atoms with Crippen molar-refractivity contribution in [2.45, 2.75) is 0 Å². The van der Waals surface area contributed by atoms with Crippen LogP contribution in [-0.2, 0) is 9.53 Å². The summed E-state index contributed by atoms with van der Waals surface area (Å²) in [5.74, 6) is 0.266. The Kier molecular flexibility index (Phi) is 5.15. The molecule has 1 rings (SSSR count). The van der Waals surface area contributed by atoms with E-state index in [-0.39, 0.29) is 19.8 Å². The van der Waals surface area contributed by atoms with Crippen LogP contribution in [0.3, 0.4) is 0 Å². The Hall–Kier alpha value is -1.75. The SMILES string of the molecule is COc1ccccc1OCCOCC(=O)O. The first-order valence-electron chi connectivity index (χ1n) is 4.79. The molecule has 0 aliphatic carbocycles. The summed E-state index contributed by atoms with van der Waals surface area (Å²) in [7, 11) is 1.56. The summed E-state index contributed by atoms with van der Waals surface area (Å²) in [5, 5.41) is 8.33. The molecule has 1 N–H and O–H groups in total. The second-order valence-corrected chi connectivity index (χ2v) is 2.95. The molecule has 16 heavy (non-hydrogen) atoms. The van der Waals surface area contributed by atoms with Crippen LogP contribution in [0.5, 0.6) is 11.5 Å². The fourth-order valence-corrected chi connectivity index (χ4v) is 1.11. The van der Waals surface area contributed by atoms with Gasteiger partial charge in [-0.05, 0) is 12.1 Å². The molecule has 0 saturated carbocycles. The largest absolute Gasteiger partial charge is 0.493 e. The van der Waals surface area contributed by atoms with Gasteiger partial charge in [-0.25, -0.2) is 4.79 Å². The molecule has 0 heterocycles. The fourth-order valence-electron chi connectivity index (χ4n) is 1.11. The van der Waals surface area contributed by atoms with Gasteiger partial charge in [0, 0.05) is 0 Å². The van der Waals surface area contributed by atoms with Gasteiger partial charge in [-0.15, -0.1) is 0 Å². The second kappa shape index (κ2) is 6.68. The average Bonchev–Trinajstić information content (AvgIpc) is 2.29. The van der Waals surface area contributed by atoms with Crippen LogP contribution in [0.25, 0.3) is 0 Å². The Labute approximate surface area is 93.6 Å². The lowest BCUT2D eigenvalue weighted by Crippen LogP contribution is -2.12. The van der Waals surface area contributed by atoms with E-state index in [2.05, 4.69) is 0 Å². The van der Waals surface area contributed by atoms with Crippen molar-refractivity contribution in [3.05, 3.63) is 24.3 Å². The summed E-state index contributed by atoms with van der Waals surface area (Å²) >= 11 is 0. The number of para-hydroxylation sites is 2. The number of carboxylic acid groups (broad SMARTS) is 1. The Balaban J connectivity index is 2.28. The summed E-state index contributed by atoms with van der Waals surface area (Å²) in [6, 6.07) is 7.23. The van der Waals surface area contributed by atoms with E-state index in [1.54, 1.807) is 19.2 Å². The van der Waals surface area contributed by atoms with Crippen LogP contribution in [0.15, 0.2) is 24.3 Å². The van der Waals surface area contributed by atoms with E-state index in [0.29, 0.717) is 11.5 Å². The zero-order chi connectivity index (χ0) is 11.8. The van der Waals surface area contributed by atoms with E-state index in [1.165, 1.54) is 0 Å². The van der Waals surface area contributed by atoms with Crippen molar-refractivity contribution in [1.29, 1.82) is 0 Å². The minimum absolute atomic E-state index is 0.227. The minimum atomic E-state index is -0.989. The van der Waals surface area contributed by atoms with Gasteiger partial charge >= 0.3 is 5.97 Å². The van der Waals surface area contributed by atoms with Crippen LogP contribution in [-0.4, -0.2) is 38.0 Å². The molecule has 0 bridgehead atoms. The van der Waals surface area contributed by atoms with Crippen LogP contribution in [0.1, 0.15) is 0 Å². The normalized spacial score (nSPS) is 9.81. The summed E-state index contributed by atoms with van der Waals surface area (Å²) in [5.41, 5.74) is 0. The molecule has 0 aromatic heterocycles. The van der Waals surface area contributed by atoms with Gasteiger partial charge in [-0.2, -0.15) is 0 Å². The average molecular weight is 226 g/mol. The van der Waals surface area contributed by atoms with E-state index < -0.39 is 5.97 Å². The van der Waals surface area contributed by atoms with Crippen molar-refractivity contribution in [3.63, 3.8) is 0 Å². The topological polar surface area (TPSA) is 65.0 Å². The lowest BCUT2D eigenvalue weighted by atomic mass is 10.3. The summed E-state index contributed by atoms with van der Waals surface area (Å²) in [4.78, 5) is 10.1. The van der Waals surface area contributed by atoms with E-state index in [0.717, 1.165) is 0 Å². The number of hydrogen-bond donors (Lipinski definition) is 1. The van der Waals surface area contributed by atoms with Crippen molar-refractivity contribution in [2.24, 2.45) is 0 Å². The molecule has 1 aromatic carbocycles. The van der Waals surface area contributed by atoms with Crippen molar-refractivity contribution in [3.8, 4) is 11.5 Å². The third-order valence-corrected chi connectivity index (χ3v) is 1.78. The number of methoxy groups -OCH3 is 1. The van der Waals surface area contributed by atoms with E-state index in [9.17, 15) is 4.79 Å². The molecular weight excluding hydrogens is 212 g/mol. The molecule has 0 unspecified atom stereocenters. The molecule has 0 fully saturated rings. The molecule has 0 atom stereocenters. The predicted molar refractivity (Wildman–Crippen MR) is 56.9 cm³/mol. The summed E-state index contributed by atoms with van der Waals surface area (Å²) in [6.45, 7) is 0.202. The smallest absolute Gasteiger partial charge is 0.329 e. The van der Waals surface area contributed by atoms with Gasteiger partial charge in [0.25, 0.3) is 0 Å². The van der Waals surface area contributed by atoms with Crippen LogP contribution in [0.2, 0.25) is 0 Å². The van der Waals surface area contributed by atoms with Gasteiger partial charge in [-0.3, -0.25) is 0 Å². The lowest BCUT2D eigenvalue weighted by Gasteiger charge is -2.09. The Morgan fingerprint density at radius 2 is 1.94 bits per heavy atom. The van der Waals surface area contributed by atoms with E-state index >= 15 is 0 Å². The molecule has 1 aromatic rings. The molecule has 0 amide bonds. The number of ether oxygens (including phenoxy) is 3. The van der Waals surface area contributed by atoms with Gasteiger partial charge in [-0.1, -0.05) is 12.1 Å². The minimum Gasteiger partial charge on any atom is -0.493 e. The highest BCUT2D eigenvalue weighted by Crippen LogP contribution is 2.25. The number of hydrogen-bond acceptors (Lipinski definition) is 4. The van der Waals surface area contributed by atoms with Gasteiger partial charge < -0.3 is 19.3 Å². The Bertz CT molecular complexity index is 337. The first-order chi connectivity index (χ1) is 7.74. The standard InChI is InChI=1S/C11H14O5/c1-14-9-4-2-3-5-10(9)16-7-6-15-8-11(12)13/h2-5H,6-8H2,1H3,(H,12,13). The predicted octanol–water partition coefficient (Wildman–Crippen LogP) is 1.18. The molecule has 0 saturated heterocycles. The highest BCUT2D eigenvalue weighted by molar-refractivity contribution is 5.67. The lowest BCUT2D eigenvalue weighted by molar-refractivity contribution is -0.142. The zero-order valence-corrected chi connectivity index (χ0v) is 9.01. The van der Waals surface area contributed by atoms with Crippen molar-refractivity contribution in [2.75, 3.05) is 26.9 Å². The Morgan fingerprint density at radius 1 is 1.25 bits per heavy atom. The van der Waals surface area contributed by atoms with Crippen molar-refractivity contribution >= 4 is 5.97 Å². The zero-order valence-electron chi connectivity index (χ0n) is 9.01. The summed E-state index contributed by atoms with van der Waals surface area (Å²) in [6.07, 6.45) is 0. The second-order valence-electron chi connectivity index (χ2n) is 2.95. The number of carboxylic acids is 1. The molecule has 88 valence electrons. The molecule has 0 aliphatic heterocycles. The fraction of sp³-hybridized carbons (Fsp3) is 0.364. The van der Waals surface area contributed by atoms with Gasteiger partial charge in [0.1, 0.15) is 13.2 Å². The van der Waals surface area contributed by atoms with Crippen LogP contribution < -0.4 is 9.47 Å². The van der Waals surface area contributed by atoms with Crippen LogP contribution >= 0.6 is 0 Å². The first-order valence-corrected chi connectivity index (χ1v) is 4.79. The molecule has 5 heteroatoms. The number of rotatable bonds is 7. The van der Waals surface area contributed by atoms with Crippen molar-refractivity contribution < 1.29 is 24.1 Å². The van der Waals surface area contributed by atoms with Crippen molar-refractivity contribution in [1.82, 2.24) is 0 Å². The quantitative estimate of drug-likeness (QED) is 0.707. The maximum Gasteiger partial charge on any atom is 0.329 e. The van der Waals surface area contributed by atoms with Crippen LogP contribution in [0.4, 0.5) is 0 Å². The maximum atomic E-state index is 10.1. The third kappa shape index (κ3) is 4.18. The molecule has 0 radical (unpaired) electrons. The van der Waals surface area contributed by atoms with Gasteiger partial charge in [0.15, 0.2) is 11.5 Å². The van der Waals surface area contributed by atoms with Gasteiger partial charge in [0.05, 0.1) is 13.7 Å². The molecular formula is C11H14O5. The van der Waals surface area contributed by atoms with Crippen LogP contribution in [0, 0.1) is 0 Å². The monoisotopic (exact) mass is 226 g/mol.